The minimum atomic E-state index is -0.997. The number of amides is 1. The van der Waals surface area contributed by atoms with Crippen molar-refractivity contribution in [1.82, 2.24) is 20.4 Å². The van der Waals surface area contributed by atoms with Crippen LogP contribution in [-0.4, -0.2) is 39.9 Å². The molecule has 1 heterocycles. The fourth-order valence-electron chi connectivity index (χ4n) is 1.55. The lowest BCUT2D eigenvalue weighted by molar-refractivity contribution is -0.120. The van der Waals surface area contributed by atoms with Crippen LogP contribution in [0.5, 0.6) is 0 Å². The number of hydrogen-bond donors (Lipinski definition) is 3. The summed E-state index contributed by atoms with van der Waals surface area (Å²) in [7, 11) is 1.69. The lowest BCUT2D eigenvalue weighted by atomic mass is 10.2. The highest BCUT2D eigenvalue weighted by molar-refractivity contribution is 5.88. The Morgan fingerprint density at radius 1 is 1.50 bits per heavy atom. The molecule has 0 saturated carbocycles. The first-order valence-corrected chi connectivity index (χ1v) is 5.77. The lowest BCUT2D eigenvalue weighted by Gasteiger charge is -2.06. The van der Waals surface area contributed by atoms with Gasteiger partial charge in [-0.25, -0.2) is 4.79 Å². The van der Waals surface area contributed by atoms with Crippen molar-refractivity contribution in [1.29, 1.82) is 0 Å². The molecule has 1 amide bonds. The van der Waals surface area contributed by atoms with Crippen LogP contribution in [0.1, 0.15) is 29.4 Å². The minimum Gasteiger partial charge on any atom is -0.478 e. The fourth-order valence-corrected chi connectivity index (χ4v) is 1.55. The molecule has 0 aliphatic carbocycles. The number of rotatable bonds is 7. The van der Waals surface area contributed by atoms with E-state index in [0.29, 0.717) is 31.7 Å². The molecule has 0 aliphatic heterocycles. The molecule has 0 aliphatic rings. The number of aromatic carboxylic acids is 1. The molecule has 0 fully saturated rings. The van der Waals surface area contributed by atoms with Crippen LogP contribution in [0.3, 0.4) is 0 Å². The first-order chi connectivity index (χ1) is 8.56. The predicted octanol–water partition coefficient (Wildman–Crippen LogP) is -0.266. The van der Waals surface area contributed by atoms with Gasteiger partial charge in [-0.05, 0) is 6.92 Å². The van der Waals surface area contributed by atoms with E-state index in [4.69, 9.17) is 5.11 Å². The number of carbonyl (C=O) groups excluding carboxylic acids is 1. The summed E-state index contributed by atoms with van der Waals surface area (Å²) in [6.07, 6.45) is 1.69. The number of nitrogens with zero attached hydrogens (tertiary/aromatic N) is 2. The summed E-state index contributed by atoms with van der Waals surface area (Å²) in [5.74, 6) is -1.02. The van der Waals surface area contributed by atoms with E-state index in [0.717, 1.165) is 0 Å². The number of carboxylic acid groups (broad SMARTS) is 1. The Labute approximate surface area is 105 Å². The Morgan fingerprint density at radius 3 is 2.83 bits per heavy atom. The zero-order valence-electron chi connectivity index (χ0n) is 10.6. The molecule has 0 spiro atoms. The molecule has 7 heteroatoms. The molecule has 7 nitrogen and oxygen atoms in total. The van der Waals surface area contributed by atoms with Crippen LogP contribution < -0.4 is 10.6 Å². The maximum absolute atomic E-state index is 11.2. The molecule has 1 aromatic heterocycles. The van der Waals surface area contributed by atoms with Gasteiger partial charge in [0.25, 0.3) is 0 Å². The summed E-state index contributed by atoms with van der Waals surface area (Å²) in [5.41, 5.74) is 0.779. The first kappa shape index (κ1) is 14.2. The van der Waals surface area contributed by atoms with Crippen LogP contribution in [-0.2, 0) is 18.4 Å². The number of carboxylic acids is 1. The average molecular weight is 254 g/mol. The zero-order chi connectivity index (χ0) is 13.5. The third-order valence-electron chi connectivity index (χ3n) is 2.49. The van der Waals surface area contributed by atoms with E-state index in [-0.39, 0.29) is 11.5 Å². The minimum absolute atomic E-state index is 0.0199. The van der Waals surface area contributed by atoms with Crippen molar-refractivity contribution in [3.8, 4) is 0 Å². The third kappa shape index (κ3) is 3.85. The number of aryl methyl sites for hydroxylation is 1. The SMILES string of the molecule is CCNC(=O)CCNCc1c(C(=O)O)cnn1C. The second-order valence-corrected chi connectivity index (χ2v) is 3.81. The summed E-state index contributed by atoms with van der Waals surface area (Å²) in [6, 6.07) is 0. The second kappa shape index (κ2) is 6.75. The van der Waals surface area contributed by atoms with Gasteiger partial charge in [-0.2, -0.15) is 5.10 Å². The van der Waals surface area contributed by atoms with E-state index in [1.54, 1.807) is 7.05 Å². The van der Waals surface area contributed by atoms with Crippen molar-refractivity contribution in [2.75, 3.05) is 13.1 Å². The molecule has 0 unspecified atom stereocenters. The van der Waals surface area contributed by atoms with Gasteiger partial charge in [-0.3, -0.25) is 9.48 Å². The van der Waals surface area contributed by atoms with Crippen molar-refractivity contribution in [2.24, 2.45) is 7.05 Å². The van der Waals surface area contributed by atoms with E-state index >= 15 is 0 Å². The van der Waals surface area contributed by atoms with Gasteiger partial charge < -0.3 is 15.7 Å². The van der Waals surface area contributed by atoms with Crippen molar-refractivity contribution in [3.05, 3.63) is 17.5 Å². The molecule has 18 heavy (non-hydrogen) atoms. The Hall–Kier alpha value is -1.89. The van der Waals surface area contributed by atoms with Gasteiger partial charge >= 0.3 is 5.97 Å². The van der Waals surface area contributed by atoms with Gasteiger partial charge in [0.1, 0.15) is 5.56 Å². The predicted molar refractivity (Wildman–Crippen MR) is 65.2 cm³/mol. The van der Waals surface area contributed by atoms with Crippen LogP contribution in [0.4, 0.5) is 0 Å². The highest BCUT2D eigenvalue weighted by Crippen LogP contribution is 2.06. The van der Waals surface area contributed by atoms with E-state index in [9.17, 15) is 9.59 Å². The van der Waals surface area contributed by atoms with Crippen molar-refractivity contribution in [3.63, 3.8) is 0 Å². The van der Waals surface area contributed by atoms with Crippen molar-refractivity contribution < 1.29 is 14.7 Å². The fraction of sp³-hybridized carbons (Fsp3) is 0.545. The normalized spacial score (nSPS) is 10.3. The molecular weight excluding hydrogens is 236 g/mol. The average Bonchev–Trinajstić information content (AvgIpc) is 2.67. The summed E-state index contributed by atoms with van der Waals surface area (Å²) in [4.78, 5) is 22.1. The topological polar surface area (TPSA) is 96.2 Å². The highest BCUT2D eigenvalue weighted by Gasteiger charge is 2.14. The number of aromatic nitrogens is 2. The van der Waals surface area contributed by atoms with Crippen LogP contribution in [0.2, 0.25) is 0 Å². The van der Waals surface area contributed by atoms with Crippen molar-refractivity contribution in [2.45, 2.75) is 19.9 Å². The highest BCUT2D eigenvalue weighted by atomic mass is 16.4. The molecule has 1 rings (SSSR count). The monoisotopic (exact) mass is 254 g/mol. The second-order valence-electron chi connectivity index (χ2n) is 3.81. The molecular formula is C11H18N4O3. The summed E-state index contributed by atoms with van der Waals surface area (Å²) in [5, 5.41) is 18.6. The van der Waals surface area contributed by atoms with E-state index < -0.39 is 5.97 Å². The Balaban J connectivity index is 2.42. The smallest absolute Gasteiger partial charge is 0.339 e. The number of nitrogens with one attached hydrogen (secondary N) is 2. The number of carbonyl (C=O) groups is 2. The Bertz CT molecular complexity index is 428. The number of hydrogen-bond acceptors (Lipinski definition) is 4. The molecule has 0 atom stereocenters. The molecule has 0 radical (unpaired) electrons. The lowest BCUT2D eigenvalue weighted by Crippen LogP contribution is -2.27. The standard InChI is InChI=1S/C11H18N4O3/c1-3-13-10(16)4-5-12-7-9-8(11(17)18)6-14-15(9)2/h6,12H,3-5,7H2,1-2H3,(H,13,16)(H,17,18). The Morgan fingerprint density at radius 2 is 2.22 bits per heavy atom. The zero-order valence-corrected chi connectivity index (χ0v) is 10.6. The molecule has 3 N–H and O–H groups in total. The van der Waals surface area contributed by atoms with Crippen LogP contribution >= 0.6 is 0 Å². The maximum Gasteiger partial charge on any atom is 0.339 e. The van der Waals surface area contributed by atoms with Gasteiger partial charge in [0.05, 0.1) is 11.9 Å². The van der Waals surface area contributed by atoms with E-state index in [1.165, 1.54) is 10.9 Å². The van der Waals surface area contributed by atoms with Gasteiger partial charge in [-0.15, -0.1) is 0 Å². The van der Waals surface area contributed by atoms with Crippen LogP contribution in [0.15, 0.2) is 6.20 Å². The van der Waals surface area contributed by atoms with E-state index in [2.05, 4.69) is 15.7 Å². The van der Waals surface area contributed by atoms with E-state index in [1.807, 2.05) is 6.92 Å². The molecule has 0 bridgehead atoms. The van der Waals surface area contributed by atoms with Crippen molar-refractivity contribution >= 4 is 11.9 Å². The quantitative estimate of drug-likeness (QED) is 0.582. The molecule has 0 aromatic carbocycles. The first-order valence-electron chi connectivity index (χ1n) is 5.77. The molecule has 0 saturated heterocycles. The van der Waals surface area contributed by atoms with Gasteiger partial charge in [0.15, 0.2) is 0 Å². The maximum atomic E-state index is 11.2. The third-order valence-corrected chi connectivity index (χ3v) is 2.49. The summed E-state index contributed by atoms with van der Waals surface area (Å²) >= 11 is 0. The summed E-state index contributed by atoms with van der Waals surface area (Å²) < 4.78 is 1.52. The Kier molecular flexibility index (Phi) is 5.31. The largest absolute Gasteiger partial charge is 0.478 e. The van der Waals surface area contributed by atoms with Gasteiger partial charge in [0, 0.05) is 33.1 Å². The molecule has 1 aromatic rings. The van der Waals surface area contributed by atoms with Gasteiger partial charge in [-0.1, -0.05) is 0 Å². The van der Waals surface area contributed by atoms with Crippen LogP contribution in [0.25, 0.3) is 0 Å². The van der Waals surface area contributed by atoms with Gasteiger partial charge in [0.2, 0.25) is 5.91 Å². The molecule has 100 valence electrons. The van der Waals surface area contributed by atoms with Crippen LogP contribution in [0, 0.1) is 0 Å². The summed E-state index contributed by atoms with van der Waals surface area (Å²) in [6.45, 7) is 3.34.